The number of halogens is 3. The predicted molar refractivity (Wildman–Crippen MR) is 125 cm³/mol. The van der Waals surface area contributed by atoms with E-state index in [1.807, 2.05) is 0 Å². The van der Waals surface area contributed by atoms with Gasteiger partial charge in [-0.3, -0.25) is 4.79 Å². The summed E-state index contributed by atoms with van der Waals surface area (Å²) in [6.45, 7) is 6.04. The molecule has 2 heterocycles. The van der Waals surface area contributed by atoms with Crippen molar-refractivity contribution in [2.24, 2.45) is 0 Å². The van der Waals surface area contributed by atoms with Gasteiger partial charge in [-0.2, -0.15) is 0 Å². The molecule has 0 aromatic carbocycles. The Labute approximate surface area is 212 Å². The lowest BCUT2D eigenvalue weighted by Gasteiger charge is -2.40. The third-order valence-corrected chi connectivity index (χ3v) is 6.40. The molecule has 1 saturated heterocycles. The van der Waals surface area contributed by atoms with Crippen molar-refractivity contribution in [3.63, 3.8) is 0 Å². The number of quaternary nitrogens is 1. The molecule has 0 unspecified atom stereocenters. The number of nitrogens with one attached hydrogen (secondary N) is 1. The first-order valence-electron chi connectivity index (χ1n) is 11.6. The van der Waals surface area contributed by atoms with Crippen molar-refractivity contribution in [2.45, 2.75) is 64.7 Å². The highest BCUT2D eigenvalue weighted by molar-refractivity contribution is 6.34. The first-order valence-corrected chi connectivity index (χ1v) is 12.3. The molecule has 0 bridgehead atoms. The second-order valence-electron chi connectivity index (χ2n) is 8.44. The maximum Gasteiger partial charge on any atom is 0.361 e. The van der Waals surface area contributed by atoms with Gasteiger partial charge in [0, 0.05) is 0 Å². The van der Waals surface area contributed by atoms with Crippen LogP contribution in [0.1, 0.15) is 75.2 Å². The van der Waals surface area contributed by atoms with Crippen molar-refractivity contribution < 1.29 is 35.8 Å². The number of rotatable bonds is 13. The number of aromatic nitrogens is 1. The van der Waals surface area contributed by atoms with E-state index in [-0.39, 0.29) is 44.7 Å². The van der Waals surface area contributed by atoms with Gasteiger partial charge in [-0.25, -0.2) is 9.78 Å². The number of piperidine rings is 1. The molecule has 0 aliphatic carbocycles. The number of unbranched alkanes of at least 4 members (excludes halogenated alkanes) is 5. The Morgan fingerprint density at radius 3 is 2.47 bits per heavy atom. The summed E-state index contributed by atoms with van der Waals surface area (Å²) in [6.07, 6.45) is 10.4. The highest BCUT2D eigenvalue weighted by atomic mass is 79.9. The van der Waals surface area contributed by atoms with Gasteiger partial charge in [0.25, 0.3) is 5.91 Å². The molecule has 182 valence electrons. The van der Waals surface area contributed by atoms with Crippen LogP contribution in [-0.2, 0) is 9.53 Å². The van der Waals surface area contributed by atoms with Gasteiger partial charge in [0.15, 0.2) is 6.54 Å². The molecule has 1 aromatic heterocycles. The van der Waals surface area contributed by atoms with Gasteiger partial charge in [0.1, 0.15) is 10.8 Å². The van der Waals surface area contributed by atoms with E-state index in [0.717, 1.165) is 38.8 Å². The summed E-state index contributed by atoms with van der Waals surface area (Å²) in [7, 11) is 0. The maximum atomic E-state index is 12.5. The number of carbonyl (C=O) groups excluding carboxylic acids is 2. The Bertz CT molecular complexity index is 716. The van der Waals surface area contributed by atoms with E-state index < -0.39 is 0 Å². The van der Waals surface area contributed by atoms with Gasteiger partial charge in [0.2, 0.25) is 0 Å². The topological polar surface area (TPSA) is 68.3 Å². The number of ether oxygens (including phenoxy) is 1. The van der Waals surface area contributed by atoms with Crippen molar-refractivity contribution >= 4 is 35.1 Å². The summed E-state index contributed by atoms with van der Waals surface area (Å²) in [4.78, 5) is 28.9. The summed E-state index contributed by atoms with van der Waals surface area (Å²) in [5, 5.41) is 3.37. The van der Waals surface area contributed by atoms with Crippen molar-refractivity contribution in [1.82, 2.24) is 10.3 Å². The van der Waals surface area contributed by atoms with Gasteiger partial charge in [0.05, 0.1) is 37.8 Å². The Hall–Kier alpha value is -0.890. The second-order valence-corrected chi connectivity index (χ2v) is 9.23. The third-order valence-electron chi connectivity index (χ3n) is 5.89. The lowest BCUT2D eigenvalue weighted by Crippen LogP contribution is -3.00. The largest absolute Gasteiger partial charge is 1.00 e. The fraction of sp³-hybridized carbons (Fsp3) is 0.696. The number of esters is 1. The van der Waals surface area contributed by atoms with Crippen LogP contribution in [0.4, 0.5) is 0 Å². The Morgan fingerprint density at radius 1 is 1.06 bits per heavy atom. The van der Waals surface area contributed by atoms with Crippen LogP contribution < -0.4 is 22.3 Å². The third kappa shape index (κ3) is 10.4. The summed E-state index contributed by atoms with van der Waals surface area (Å²) >= 11 is 11.9. The Morgan fingerprint density at radius 2 is 1.75 bits per heavy atom. The number of carbonyl (C=O) groups is 2. The lowest BCUT2D eigenvalue weighted by atomic mass is 10.1. The molecular weight excluding hydrogens is 517 g/mol. The van der Waals surface area contributed by atoms with E-state index in [2.05, 4.69) is 17.2 Å². The first-order chi connectivity index (χ1) is 15.0. The van der Waals surface area contributed by atoms with Crippen LogP contribution in [0.3, 0.4) is 0 Å². The van der Waals surface area contributed by atoms with Crippen molar-refractivity contribution in [2.75, 3.05) is 39.3 Å². The van der Waals surface area contributed by atoms with Crippen molar-refractivity contribution in [1.29, 1.82) is 0 Å². The molecule has 1 fully saturated rings. The maximum absolute atomic E-state index is 12.5. The van der Waals surface area contributed by atoms with Crippen LogP contribution in [0.25, 0.3) is 0 Å². The molecule has 0 radical (unpaired) electrons. The molecule has 9 heteroatoms. The minimum atomic E-state index is -0.353. The number of hydrogen-bond acceptors (Lipinski definition) is 4. The van der Waals surface area contributed by atoms with E-state index in [1.54, 1.807) is 12.1 Å². The van der Waals surface area contributed by atoms with Gasteiger partial charge < -0.3 is 31.5 Å². The van der Waals surface area contributed by atoms with Crippen molar-refractivity contribution in [3.8, 4) is 0 Å². The molecule has 0 atom stereocenters. The fourth-order valence-corrected chi connectivity index (χ4v) is 4.44. The molecule has 1 aliphatic rings. The van der Waals surface area contributed by atoms with Gasteiger partial charge >= 0.3 is 5.97 Å². The van der Waals surface area contributed by atoms with Gasteiger partial charge in [-0.1, -0.05) is 62.2 Å². The molecule has 2 rings (SSSR count). The monoisotopic (exact) mass is 551 g/mol. The van der Waals surface area contributed by atoms with Crippen LogP contribution in [0.15, 0.2) is 12.1 Å². The quantitative estimate of drug-likeness (QED) is 0.176. The zero-order valence-corrected chi connectivity index (χ0v) is 22.1. The van der Waals surface area contributed by atoms with E-state index in [0.29, 0.717) is 30.7 Å². The SMILES string of the molecule is CCCCCCCCOC(=O)C[N+]1(CCNC(=O)c2nc(Cl)ccc2Cl)CCCCC1.[Br-]. The summed E-state index contributed by atoms with van der Waals surface area (Å²) in [5.74, 6) is -0.491. The van der Waals surface area contributed by atoms with E-state index in [4.69, 9.17) is 27.9 Å². The van der Waals surface area contributed by atoms with Crippen LogP contribution in [0.5, 0.6) is 0 Å². The number of likely N-dealkylation sites (tertiary alicyclic amines) is 1. The van der Waals surface area contributed by atoms with Crippen molar-refractivity contribution in [3.05, 3.63) is 28.0 Å². The zero-order chi connectivity index (χ0) is 22.5. The fourth-order valence-electron chi connectivity index (χ4n) is 4.10. The first kappa shape index (κ1) is 29.1. The van der Waals surface area contributed by atoms with Crippen LogP contribution in [-0.4, -0.2) is 60.7 Å². The minimum Gasteiger partial charge on any atom is -1.00 e. The summed E-state index contributed by atoms with van der Waals surface area (Å²) in [6, 6.07) is 3.11. The molecule has 1 aromatic rings. The average Bonchev–Trinajstić information content (AvgIpc) is 2.75. The van der Waals surface area contributed by atoms with E-state index >= 15 is 0 Å². The smallest absolute Gasteiger partial charge is 0.361 e. The highest BCUT2D eigenvalue weighted by Gasteiger charge is 2.33. The molecule has 0 saturated carbocycles. The summed E-state index contributed by atoms with van der Waals surface area (Å²) < 4.78 is 6.18. The normalized spacial score (nSPS) is 15.0. The van der Waals surface area contributed by atoms with E-state index in [1.165, 1.54) is 32.1 Å². The standard InChI is InChI=1S/C23H35Cl2N3O3.BrH/c1-2-3-4-5-6-10-17-31-21(29)18-28(14-8-7-9-15-28)16-13-26-23(30)22-19(24)11-12-20(25)27-22;/h11-12H,2-10,13-18H2,1H3;1H. The molecule has 1 N–H and O–H groups in total. The molecule has 0 spiro atoms. The van der Waals surface area contributed by atoms with Crippen LogP contribution in [0.2, 0.25) is 10.2 Å². The van der Waals surface area contributed by atoms with E-state index in [9.17, 15) is 9.59 Å². The number of pyridine rings is 1. The lowest BCUT2D eigenvalue weighted by molar-refractivity contribution is -0.924. The molecule has 1 aliphatic heterocycles. The van der Waals surface area contributed by atoms with Crippen LogP contribution >= 0.6 is 23.2 Å². The molecule has 32 heavy (non-hydrogen) atoms. The zero-order valence-electron chi connectivity index (χ0n) is 19.0. The average molecular weight is 553 g/mol. The Balaban J connectivity index is 0.00000512. The second kappa shape index (κ2) is 15.9. The van der Waals surface area contributed by atoms with Gasteiger partial charge in [-0.15, -0.1) is 0 Å². The number of hydrogen-bond donors (Lipinski definition) is 1. The number of nitrogens with zero attached hydrogens (tertiary/aromatic N) is 2. The predicted octanol–water partition coefficient (Wildman–Crippen LogP) is 2.03. The summed E-state index contributed by atoms with van der Waals surface area (Å²) in [5.41, 5.74) is 0.123. The van der Waals surface area contributed by atoms with Crippen LogP contribution in [0, 0.1) is 0 Å². The molecule has 6 nitrogen and oxygen atoms in total. The minimum absolute atomic E-state index is 0. The molecular formula is C23H36BrCl2N3O3. The Kier molecular flexibility index (Phi) is 14.4. The van der Waals surface area contributed by atoms with Gasteiger partial charge in [-0.05, 0) is 37.8 Å². The number of amides is 1. The highest BCUT2D eigenvalue weighted by Crippen LogP contribution is 2.20. The molecule has 1 amide bonds.